The van der Waals surface area contributed by atoms with E-state index in [4.69, 9.17) is 0 Å². The zero-order chi connectivity index (χ0) is 13.7. The molecule has 104 valence electrons. The molecule has 0 bridgehead atoms. The van der Waals surface area contributed by atoms with Crippen molar-refractivity contribution in [3.05, 3.63) is 18.9 Å². The van der Waals surface area contributed by atoms with Gasteiger partial charge >= 0.3 is 0 Å². The van der Waals surface area contributed by atoms with Crippen LogP contribution in [0.25, 0.3) is 11.2 Å². The van der Waals surface area contributed by atoms with Crippen LogP contribution in [0, 0.1) is 0 Å². The van der Waals surface area contributed by atoms with Crippen LogP contribution in [0.1, 0.15) is 59.3 Å². The Morgan fingerprint density at radius 2 is 2.00 bits per heavy atom. The van der Waals surface area contributed by atoms with E-state index in [1.165, 1.54) is 32.1 Å². The molecular weight excluding hydrogens is 236 g/mol. The van der Waals surface area contributed by atoms with Gasteiger partial charge in [0, 0.05) is 5.54 Å². The fourth-order valence-electron chi connectivity index (χ4n) is 2.56. The third kappa shape index (κ3) is 2.94. The molecule has 1 atom stereocenters. The maximum absolute atomic E-state index is 4.42. The number of hydrogen-bond acceptors (Lipinski definition) is 3. The number of imidazole rings is 1. The highest BCUT2D eigenvalue weighted by Gasteiger charge is 2.25. The Kier molecular flexibility index (Phi) is 4.51. The van der Waals surface area contributed by atoms with Crippen molar-refractivity contribution in [1.82, 2.24) is 19.5 Å². The molecule has 0 N–H and O–H groups in total. The van der Waals surface area contributed by atoms with E-state index in [0.29, 0.717) is 0 Å². The molecule has 0 fully saturated rings. The van der Waals surface area contributed by atoms with Crippen molar-refractivity contribution in [3.8, 4) is 0 Å². The fourth-order valence-corrected chi connectivity index (χ4v) is 2.56. The normalized spacial score (nSPS) is 14.7. The van der Waals surface area contributed by atoms with Gasteiger partial charge in [-0.25, -0.2) is 15.0 Å². The maximum atomic E-state index is 4.42. The largest absolute Gasteiger partial charge is 0.309 e. The molecule has 0 aromatic carbocycles. The summed E-state index contributed by atoms with van der Waals surface area (Å²) in [5.74, 6) is 0. The Morgan fingerprint density at radius 3 is 2.74 bits per heavy atom. The van der Waals surface area contributed by atoms with Crippen LogP contribution < -0.4 is 0 Å². The van der Waals surface area contributed by atoms with E-state index in [1.807, 2.05) is 6.33 Å². The van der Waals surface area contributed by atoms with Gasteiger partial charge in [-0.1, -0.05) is 39.5 Å². The Labute approximate surface area is 115 Å². The van der Waals surface area contributed by atoms with Crippen LogP contribution in [0.15, 0.2) is 18.9 Å². The summed E-state index contributed by atoms with van der Waals surface area (Å²) < 4.78 is 2.23. The number of rotatable bonds is 7. The van der Waals surface area contributed by atoms with Crippen molar-refractivity contribution in [3.63, 3.8) is 0 Å². The molecule has 0 aliphatic carbocycles. The molecule has 2 aromatic rings. The average Bonchev–Trinajstić information content (AvgIpc) is 2.88. The summed E-state index contributed by atoms with van der Waals surface area (Å²) in [7, 11) is 0. The lowest BCUT2D eigenvalue weighted by molar-refractivity contribution is 0.277. The van der Waals surface area contributed by atoms with Crippen molar-refractivity contribution in [2.24, 2.45) is 0 Å². The first-order valence-electron chi connectivity index (χ1n) is 7.35. The van der Waals surface area contributed by atoms with Crippen molar-refractivity contribution in [2.75, 3.05) is 0 Å². The van der Waals surface area contributed by atoms with Crippen LogP contribution in [-0.4, -0.2) is 19.5 Å². The minimum atomic E-state index is 0.108. The SMILES string of the molecule is CCCCCCC(C)(CC)n1cnc2cncnc21. The van der Waals surface area contributed by atoms with Crippen LogP contribution in [0.5, 0.6) is 0 Å². The Hall–Kier alpha value is -1.45. The monoisotopic (exact) mass is 260 g/mol. The topological polar surface area (TPSA) is 43.6 Å². The van der Waals surface area contributed by atoms with E-state index < -0.39 is 0 Å². The highest BCUT2D eigenvalue weighted by molar-refractivity contribution is 5.69. The van der Waals surface area contributed by atoms with E-state index in [0.717, 1.165) is 17.6 Å². The third-order valence-electron chi connectivity index (χ3n) is 4.13. The number of fused-ring (bicyclic) bond motifs is 1. The van der Waals surface area contributed by atoms with Gasteiger partial charge in [-0.05, 0) is 19.8 Å². The van der Waals surface area contributed by atoms with Gasteiger partial charge in [0.1, 0.15) is 11.8 Å². The van der Waals surface area contributed by atoms with Gasteiger partial charge in [-0.2, -0.15) is 0 Å². The van der Waals surface area contributed by atoms with Crippen molar-refractivity contribution in [1.29, 1.82) is 0 Å². The van der Waals surface area contributed by atoms with Gasteiger partial charge in [0.15, 0.2) is 5.65 Å². The molecule has 0 aliphatic rings. The highest BCUT2D eigenvalue weighted by Crippen LogP contribution is 2.30. The van der Waals surface area contributed by atoms with Crippen LogP contribution in [0.4, 0.5) is 0 Å². The van der Waals surface area contributed by atoms with Crippen molar-refractivity contribution in [2.45, 2.75) is 64.8 Å². The molecule has 0 saturated carbocycles. The molecule has 0 saturated heterocycles. The predicted octanol–water partition coefficient (Wildman–Crippen LogP) is 3.92. The molecule has 19 heavy (non-hydrogen) atoms. The van der Waals surface area contributed by atoms with Gasteiger partial charge in [-0.15, -0.1) is 0 Å². The first-order valence-corrected chi connectivity index (χ1v) is 7.35. The summed E-state index contributed by atoms with van der Waals surface area (Å²) >= 11 is 0. The van der Waals surface area contributed by atoms with Gasteiger partial charge < -0.3 is 4.57 Å². The third-order valence-corrected chi connectivity index (χ3v) is 4.13. The Bertz CT molecular complexity index is 520. The molecule has 4 nitrogen and oxygen atoms in total. The summed E-state index contributed by atoms with van der Waals surface area (Å²) in [5.41, 5.74) is 1.95. The van der Waals surface area contributed by atoms with Gasteiger partial charge in [0.05, 0.1) is 12.5 Å². The van der Waals surface area contributed by atoms with E-state index in [2.05, 4.69) is 40.3 Å². The Balaban J connectivity index is 2.20. The Morgan fingerprint density at radius 1 is 1.16 bits per heavy atom. The lowest BCUT2D eigenvalue weighted by atomic mass is 9.91. The second kappa shape index (κ2) is 6.13. The molecule has 4 heteroatoms. The van der Waals surface area contributed by atoms with Crippen LogP contribution in [-0.2, 0) is 5.54 Å². The second-order valence-corrected chi connectivity index (χ2v) is 5.51. The van der Waals surface area contributed by atoms with Crippen LogP contribution in [0.3, 0.4) is 0 Å². The van der Waals surface area contributed by atoms with Crippen molar-refractivity contribution < 1.29 is 0 Å². The summed E-state index contributed by atoms with van der Waals surface area (Å²) in [4.78, 5) is 12.8. The molecule has 2 heterocycles. The molecule has 0 spiro atoms. The molecule has 0 radical (unpaired) electrons. The van der Waals surface area contributed by atoms with E-state index in [-0.39, 0.29) is 5.54 Å². The molecule has 2 aromatic heterocycles. The van der Waals surface area contributed by atoms with Gasteiger partial charge in [0.2, 0.25) is 0 Å². The predicted molar refractivity (Wildman–Crippen MR) is 78.0 cm³/mol. The van der Waals surface area contributed by atoms with E-state index in [1.54, 1.807) is 12.5 Å². The lowest BCUT2D eigenvalue weighted by Crippen LogP contribution is -2.29. The molecule has 0 aliphatic heterocycles. The lowest BCUT2D eigenvalue weighted by Gasteiger charge is -2.30. The molecule has 2 rings (SSSR count). The second-order valence-electron chi connectivity index (χ2n) is 5.51. The maximum Gasteiger partial charge on any atom is 0.163 e. The smallest absolute Gasteiger partial charge is 0.163 e. The number of nitrogens with zero attached hydrogens (tertiary/aromatic N) is 4. The molecule has 0 amide bonds. The molecule has 1 unspecified atom stereocenters. The highest BCUT2D eigenvalue weighted by atomic mass is 15.2. The van der Waals surface area contributed by atoms with Gasteiger partial charge in [0.25, 0.3) is 0 Å². The first kappa shape index (κ1) is 14.0. The van der Waals surface area contributed by atoms with E-state index >= 15 is 0 Å². The summed E-state index contributed by atoms with van der Waals surface area (Å²) in [6.07, 6.45) is 12.8. The molecular formula is C15H24N4. The van der Waals surface area contributed by atoms with E-state index in [9.17, 15) is 0 Å². The first-order chi connectivity index (χ1) is 9.21. The minimum absolute atomic E-state index is 0.108. The summed E-state index contributed by atoms with van der Waals surface area (Å²) in [6.45, 7) is 6.80. The number of unbranched alkanes of at least 4 members (excludes halogenated alkanes) is 3. The quantitative estimate of drug-likeness (QED) is 0.709. The standard InChI is InChI=1S/C15H24N4/c1-4-6-7-8-9-15(3,5-2)19-12-18-13-10-16-11-17-14(13)19/h10-12H,4-9H2,1-3H3. The zero-order valence-electron chi connectivity index (χ0n) is 12.3. The van der Waals surface area contributed by atoms with Gasteiger partial charge in [-0.3, -0.25) is 0 Å². The minimum Gasteiger partial charge on any atom is -0.309 e. The summed E-state index contributed by atoms with van der Waals surface area (Å²) in [6, 6.07) is 0. The van der Waals surface area contributed by atoms with Crippen LogP contribution in [0.2, 0.25) is 0 Å². The zero-order valence-corrected chi connectivity index (χ0v) is 12.3. The number of hydrogen-bond donors (Lipinski definition) is 0. The number of aromatic nitrogens is 4. The van der Waals surface area contributed by atoms with Crippen molar-refractivity contribution >= 4 is 11.2 Å². The fraction of sp³-hybridized carbons (Fsp3) is 0.667. The van der Waals surface area contributed by atoms with Crippen LogP contribution >= 0.6 is 0 Å². The summed E-state index contributed by atoms with van der Waals surface area (Å²) in [5, 5.41) is 0. The average molecular weight is 260 g/mol.